The Morgan fingerprint density at radius 1 is 1.24 bits per heavy atom. The summed E-state index contributed by atoms with van der Waals surface area (Å²) in [5.74, 6) is -3.31. The molecule has 0 N–H and O–H groups in total. The minimum absolute atomic E-state index is 0.0378. The number of esters is 2. The largest absolute Gasteiger partial charge is 0.465 e. The van der Waals surface area contributed by atoms with Gasteiger partial charge in [0.05, 0.1) is 23.7 Å². The highest BCUT2D eigenvalue weighted by atomic mass is 35.5. The summed E-state index contributed by atoms with van der Waals surface area (Å²) in [6, 6.07) is 3.68. The first-order valence-corrected chi connectivity index (χ1v) is 6.57. The average Bonchev–Trinajstić information content (AvgIpc) is 2.41. The van der Waals surface area contributed by atoms with E-state index in [1.54, 1.807) is 13.8 Å². The Morgan fingerprint density at radius 2 is 1.76 bits per heavy atom. The van der Waals surface area contributed by atoms with E-state index in [1.807, 2.05) is 0 Å². The molecule has 0 atom stereocenters. The molecule has 0 radical (unpaired) electrons. The summed E-state index contributed by atoms with van der Waals surface area (Å²) < 4.78 is 9.59. The fourth-order valence-corrected chi connectivity index (χ4v) is 1.89. The molecular formula is C13H14ClNO6. The monoisotopic (exact) mass is 315 g/mol. The van der Waals surface area contributed by atoms with Gasteiger partial charge in [-0.15, -0.1) is 0 Å². The number of nitro groups is 1. The average molecular weight is 316 g/mol. The lowest BCUT2D eigenvalue weighted by atomic mass is 9.97. The molecule has 0 bridgehead atoms. The number of nitro benzene ring substituents is 1. The minimum atomic E-state index is -1.51. The van der Waals surface area contributed by atoms with E-state index in [9.17, 15) is 19.7 Å². The third-order valence-electron chi connectivity index (χ3n) is 2.54. The van der Waals surface area contributed by atoms with E-state index in [0.717, 1.165) is 6.07 Å². The van der Waals surface area contributed by atoms with Gasteiger partial charge in [0.15, 0.2) is 5.92 Å². The molecule has 21 heavy (non-hydrogen) atoms. The van der Waals surface area contributed by atoms with E-state index in [1.165, 1.54) is 12.1 Å². The van der Waals surface area contributed by atoms with Gasteiger partial charge in [-0.25, -0.2) is 0 Å². The molecule has 0 fully saturated rings. The highest BCUT2D eigenvalue weighted by Gasteiger charge is 2.36. The molecule has 1 rings (SSSR count). The van der Waals surface area contributed by atoms with Crippen molar-refractivity contribution in [1.82, 2.24) is 0 Å². The molecule has 8 heteroatoms. The number of carbonyl (C=O) groups excluding carboxylic acids is 2. The van der Waals surface area contributed by atoms with Crippen LogP contribution in [0, 0.1) is 10.1 Å². The molecule has 0 aromatic heterocycles. The molecule has 0 aliphatic rings. The lowest BCUT2D eigenvalue weighted by Gasteiger charge is -2.14. The van der Waals surface area contributed by atoms with Crippen molar-refractivity contribution in [2.75, 3.05) is 13.2 Å². The third kappa shape index (κ3) is 4.16. The molecule has 0 saturated carbocycles. The second-order valence-corrected chi connectivity index (χ2v) is 4.33. The first-order valence-electron chi connectivity index (χ1n) is 6.19. The highest BCUT2D eigenvalue weighted by Crippen LogP contribution is 2.31. The number of carbonyl (C=O) groups is 2. The number of hydrogen-bond donors (Lipinski definition) is 0. The quantitative estimate of drug-likeness (QED) is 0.346. The Bertz CT molecular complexity index is 542. The number of rotatable bonds is 6. The molecule has 1 aromatic carbocycles. The first kappa shape index (κ1) is 16.9. The first-order chi connectivity index (χ1) is 9.92. The summed E-state index contributed by atoms with van der Waals surface area (Å²) in [6.45, 7) is 3.21. The van der Waals surface area contributed by atoms with Gasteiger partial charge >= 0.3 is 11.9 Å². The van der Waals surface area contributed by atoms with Gasteiger partial charge in [-0.05, 0) is 26.0 Å². The second-order valence-electron chi connectivity index (χ2n) is 3.90. The van der Waals surface area contributed by atoms with Crippen LogP contribution in [0.1, 0.15) is 25.3 Å². The van der Waals surface area contributed by atoms with E-state index in [4.69, 9.17) is 21.1 Å². The molecule has 0 aliphatic carbocycles. The van der Waals surface area contributed by atoms with Gasteiger partial charge in [0.1, 0.15) is 0 Å². The molecule has 1 aromatic rings. The van der Waals surface area contributed by atoms with E-state index in [0.29, 0.717) is 0 Å². The summed E-state index contributed by atoms with van der Waals surface area (Å²) in [6.07, 6.45) is 0. The molecule has 0 amide bonds. The minimum Gasteiger partial charge on any atom is -0.465 e. The van der Waals surface area contributed by atoms with Crippen LogP contribution in [0.25, 0.3) is 0 Å². The van der Waals surface area contributed by atoms with E-state index in [2.05, 4.69) is 0 Å². The van der Waals surface area contributed by atoms with Crippen LogP contribution in [-0.4, -0.2) is 30.1 Å². The Hall–Kier alpha value is -2.15. The predicted molar refractivity (Wildman–Crippen MR) is 74.1 cm³/mol. The van der Waals surface area contributed by atoms with Crippen molar-refractivity contribution < 1.29 is 24.0 Å². The predicted octanol–water partition coefficient (Wildman–Crippen LogP) is 2.46. The van der Waals surface area contributed by atoms with Crippen molar-refractivity contribution in [2.45, 2.75) is 19.8 Å². The van der Waals surface area contributed by atoms with Crippen LogP contribution in [0.3, 0.4) is 0 Å². The number of hydrogen-bond acceptors (Lipinski definition) is 6. The molecular weight excluding hydrogens is 302 g/mol. The zero-order valence-corrected chi connectivity index (χ0v) is 12.3. The van der Waals surface area contributed by atoms with Crippen LogP contribution < -0.4 is 0 Å². The number of nitrogens with zero attached hydrogens (tertiary/aromatic N) is 1. The van der Waals surface area contributed by atoms with Gasteiger partial charge < -0.3 is 9.47 Å². The van der Waals surface area contributed by atoms with Crippen LogP contribution in [0.5, 0.6) is 0 Å². The van der Waals surface area contributed by atoms with Crippen molar-refractivity contribution in [2.24, 2.45) is 0 Å². The zero-order valence-electron chi connectivity index (χ0n) is 11.5. The molecule has 0 unspecified atom stereocenters. The van der Waals surface area contributed by atoms with Crippen molar-refractivity contribution in [3.63, 3.8) is 0 Å². The fraction of sp³-hybridized carbons (Fsp3) is 0.385. The van der Waals surface area contributed by atoms with Gasteiger partial charge in [0, 0.05) is 11.1 Å². The van der Waals surface area contributed by atoms with Crippen LogP contribution in [0.15, 0.2) is 18.2 Å². The molecule has 7 nitrogen and oxygen atoms in total. The second kappa shape index (κ2) is 7.58. The topological polar surface area (TPSA) is 95.7 Å². The maximum Gasteiger partial charge on any atom is 0.325 e. The lowest BCUT2D eigenvalue weighted by Crippen LogP contribution is -2.26. The summed E-state index contributed by atoms with van der Waals surface area (Å²) >= 11 is 5.71. The third-order valence-corrected chi connectivity index (χ3v) is 2.78. The van der Waals surface area contributed by atoms with E-state index in [-0.39, 0.29) is 23.8 Å². The van der Waals surface area contributed by atoms with Gasteiger partial charge in [-0.1, -0.05) is 11.6 Å². The summed E-state index contributed by atoms with van der Waals surface area (Å²) in [4.78, 5) is 34.2. The molecule has 0 spiro atoms. The number of halogens is 1. The van der Waals surface area contributed by atoms with Crippen molar-refractivity contribution in [3.8, 4) is 0 Å². The highest BCUT2D eigenvalue weighted by molar-refractivity contribution is 6.30. The Labute approximate surface area is 125 Å². The maximum atomic E-state index is 11.9. The van der Waals surface area contributed by atoms with Gasteiger partial charge in [0.2, 0.25) is 0 Å². The summed E-state index contributed by atoms with van der Waals surface area (Å²) in [5, 5.41) is 11.2. The van der Waals surface area contributed by atoms with Crippen LogP contribution in [-0.2, 0) is 19.1 Å². The van der Waals surface area contributed by atoms with Crippen molar-refractivity contribution in [3.05, 3.63) is 38.9 Å². The van der Waals surface area contributed by atoms with Crippen LogP contribution in [0.4, 0.5) is 5.69 Å². The smallest absolute Gasteiger partial charge is 0.325 e. The SMILES string of the molecule is CCOC(=O)C(C(=O)OCC)c1ccc(Cl)cc1[N+](=O)[O-]. The van der Waals surface area contributed by atoms with Gasteiger partial charge in [-0.2, -0.15) is 0 Å². The van der Waals surface area contributed by atoms with Gasteiger partial charge in [0.25, 0.3) is 5.69 Å². The molecule has 0 saturated heterocycles. The lowest BCUT2D eigenvalue weighted by molar-refractivity contribution is -0.385. The molecule has 0 heterocycles. The zero-order chi connectivity index (χ0) is 16.0. The summed E-state index contributed by atoms with van der Waals surface area (Å²) in [7, 11) is 0. The molecule has 114 valence electrons. The van der Waals surface area contributed by atoms with E-state index < -0.39 is 28.5 Å². The van der Waals surface area contributed by atoms with Crippen molar-refractivity contribution in [1.29, 1.82) is 0 Å². The number of benzene rings is 1. The maximum absolute atomic E-state index is 11.9. The Balaban J connectivity index is 3.35. The standard InChI is InChI=1S/C13H14ClNO6/c1-3-20-12(16)11(13(17)21-4-2)9-6-5-8(14)7-10(9)15(18)19/h5-7,11H,3-4H2,1-2H3. The normalized spacial score (nSPS) is 10.3. The van der Waals surface area contributed by atoms with Crippen LogP contribution >= 0.6 is 11.6 Å². The van der Waals surface area contributed by atoms with Crippen molar-refractivity contribution >= 4 is 29.2 Å². The van der Waals surface area contributed by atoms with Crippen LogP contribution in [0.2, 0.25) is 5.02 Å². The van der Waals surface area contributed by atoms with Gasteiger partial charge in [-0.3, -0.25) is 19.7 Å². The Kier molecular flexibility index (Phi) is 6.10. The number of ether oxygens (including phenoxy) is 2. The fourth-order valence-electron chi connectivity index (χ4n) is 1.72. The van der Waals surface area contributed by atoms with E-state index >= 15 is 0 Å². The Morgan fingerprint density at radius 3 is 2.19 bits per heavy atom. The molecule has 0 aliphatic heterocycles. The summed E-state index contributed by atoms with van der Waals surface area (Å²) in [5.41, 5.74) is -0.546.